The second-order valence-electron chi connectivity index (χ2n) is 6.59. The Kier molecular flexibility index (Phi) is 8.44. The number of benzene rings is 1. The first-order valence-electron chi connectivity index (χ1n) is 9.15. The summed E-state index contributed by atoms with van der Waals surface area (Å²) in [5.41, 5.74) is 4.90. The Labute approximate surface area is 177 Å². The van der Waals surface area contributed by atoms with E-state index in [1.165, 1.54) is 5.56 Å². The summed E-state index contributed by atoms with van der Waals surface area (Å²) >= 11 is 5.46. The molecule has 9 heteroatoms. The minimum atomic E-state index is -0.477. The van der Waals surface area contributed by atoms with Gasteiger partial charge in [-0.15, -0.1) is 0 Å². The SMILES string of the molecule is COC(CN=C(NC(=S)Nc1ccc(C)cc1C)Nc1nc(C)cc(C)n1)OC. The van der Waals surface area contributed by atoms with E-state index in [1.54, 1.807) is 14.2 Å². The van der Waals surface area contributed by atoms with Crippen LogP contribution < -0.4 is 16.0 Å². The third kappa shape index (κ3) is 7.37. The van der Waals surface area contributed by atoms with Crippen LogP contribution in [0, 0.1) is 27.7 Å². The van der Waals surface area contributed by atoms with Gasteiger partial charge in [0.05, 0.1) is 6.54 Å². The topological polar surface area (TPSA) is 92.7 Å². The van der Waals surface area contributed by atoms with Gasteiger partial charge in [0.15, 0.2) is 11.4 Å². The molecule has 2 aromatic rings. The lowest BCUT2D eigenvalue weighted by Gasteiger charge is -2.17. The highest BCUT2D eigenvalue weighted by atomic mass is 32.1. The average molecular weight is 417 g/mol. The molecule has 0 saturated heterocycles. The highest BCUT2D eigenvalue weighted by molar-refractivity contribution is 7.80. The fraction of sp³-hybridized carbons (Fsp3) is 0.400. The zero-order valence-corrected chi connectivity index (χ0v) is 18.5. The molecule has 156 valence electrons. The molecule has 0 bridgehead atoms. The third-order valence-corrected chi connectivity index (χ3v) is 4.20. The van der Waals surface area contributed by atoms with Crippen molar-refractivity contribution < 1.29 is 9.47 Å². The fourth-order valence-electron chi connectivity index (χ4n) is 2.62. The zero-order chi connectivity index (χ0) is 21.4. The lowest BCUT2D eigenvalue weighted by molar-refractivity contribution is -0.0937. The molecule has 0 atom stereocenters. The molecular formula is C20H28N6O2S. The smallest absolute Gasteiger partial charge is 0.229 e. The molecule has 0 amide bonds. The van der Waals surface area contributed by atoms with Gasteiger partial charge in [-0.2, -0.15) is 0 Å². The molecule has 0 unspecified atom stereocenters. The molecular weight excluding hydrogens is 388 g/mol. The number of rotatable bonds is 6. The van der Waals surface area contributed by atoms with Crippen LogP contribution in [0.25, 0.3) is 0 Å². The number of nitrogens with zero attached hydrogens (tertiary/aromatic N) is 3. The van der Waals surface area contributed by atoms with E-state index in [9.17, 15) is 0 Å². The van der Waals surface area contributed by atoms with E-state index in [0.29, 0.717) is 17.0 Å². The normalized spacial score (nSPS) is 11.5. The summed E-state index contributed by atoms with van der Waals surface area (Å²) in [5.74, 6) is 0.811. The Balaban J connectivity index is 2.17. The van der Waals surface area contributed by atoms with Crippen molar-refractivity contribution in [2.75, 3.05) is 31.4 Å². The lowest BCUT2D eigenvalue weighted by atomic mass is 10.1. The number of anilines is 2. The Morgan fingerprint density at radius 1 is 1.03 bits per heavy atom. The molecule has 0 saturated carbocycles. The largest absolute Gasteiger partial charge is 0.354 e. The van der Waals surface area contributed by atoms with Gasteiger partial charge in [0.1, 0.15) is 0 Å². The highest BCUT2D eigenvalue weighted by Crippen LogP contribution is 2.15. The number of nitrogens with one attached hydrogen (secondary N) is 3. The molecule has 1 heterocycles. The van der Waals surface area contributed by atoms with Crippen LogP contribution in [0.1, 0.15) is 22.5 Å². The molecule has 0 radical (unpaired) electrons. The number of aryl methyl sites for hydroxylation is 4. The van der Waals surface area contributed by atoms with Crippen molar-refractivity contribution in [3.05, 3.63) is 46.8 Å². The van der Waals surface area contributed by atoms with Gasteiger partial charge in [0, 0.05) is 31.3 Å². The zero-order valence-electron chi connectivity index (χ0n) is 17.7. The van der Waals surface area contributed by atoms with Crippen LogP contribution in [0.2, 0.25) is 0 Å². The maximum Gasteiger partial charge on any atom is 0.229 e. The van der Waals surface area contributed by atoms with Crippen LogP contribution in [0.4, 0.5) is 11.6 Å². The van der Waals surface area contributed by atoms with E-state index < -0.39 is 6.29 Å². The van der Waals surface area contributed by atoms with Crippen molar-refractivity contribution in [2.45, 2.75) is 34.0 Å². The first-order chi connectivity index (χ1) is 13.8. The standard InChI is InChI=1S/C20H28N6O2S/c1-12-7-8-16(13(2)9-12)24-20(29)26-18(21-11-17(27-5)28-6)25-19-22-14(3)10-15(4)23-19/h7-10,17H,11H2,1-6H3,(H3,21,22,23,24,25,26,29). The molecule has 0 fully saturated rings. The molecule has 0 aliphatic rings. The Bertz CT molecular complexity index is 863. The maximum atomic E-state index is 5.46. The predicted octanol–water partition coefficient (Wildman–Crippen LogP) is 3.08. The number of hydrogen-bond donors (Lipinski definition) is 3. The van der Waals surface area contributed by atoms with Crippen LogP contribution in [0.3, 0.4) is 0 Å². The van der Waals surface area contributed by atoms with Crippen LogP contribution in [0.15, 0.2) is 29.3 Å². The van der Waals surface area contributed by atoms with Gasteiger partial charge in [-0.05, 0) is 57.6 Å². The van der Waals surface area contributed by atoms with Crippen molar-refractivity contribution in [1.29, 1.82) is 0 Å². The number of guanidine groups is 1. The van der Waals surface area contributed by atoms with Crippen LogP contribution in [-0.4, -0.2) is 48.1 Å². The van der Waals surface area contributed by atoms with Gasteiger partial charge in [-0.3, -0.25) is 5.32 Å². The van der Waals surface area contributed by atoms with E-state index in [1.807, 2.05) is 45.9 Å². The number of hydrogen-bond acceptors (Lipinski definition) is 6. The minimum absolute atomic E-state index is 0.263. The second kappa shape index (κ2) is 10.8. The van der Waals surface area contributed by atoms with Gasteiger partial charge in [-0.1, -0.05) is 17.7 Å². The maximum absolute atomic E-state index is 5.46. The Hall–Kier alpha value is -2.62. The molecule has 0 aliphatic carbocycles. The predicted molar refractivity (Wildman–Crippen MR) is 121 cm³/mol. The summed E-state index contributed by atoms with van der Waals surface area (Å²) in [4.78, 5) is 13.2. The van der Waals surface area contributed by atoms with Crippen molar-refractivity contribution in [3.63, 3.8) is 0 Å². The number of ether oxygens (including phenoxy) is 2. The van der Waals surface area contributed by atoms with Crippen molar-refractivity contribution in [1.82, 2.24) is 15.3 Å². The minimum Gasteiger partial charge on any atom is -0.354 e. The van der Waals surface area contributed by atoms with Gasteiger partial charge in [0.2, 0.25) is 11.9 Å². The summed E-state index contributed by atoms with van der Waals surface area (Å²) in [6.07, 6.45) is -0.477. The molecule has 29 heavy (non-hydrogen) atoms. The van der Waals surface area contributed by atoms with Crippen molar-refractivity contribution in [2.24, 2.45) is 4.99 Å². The van der Waals surface area contributed by atoms with E-state index in [0.717, 1.165) is 22.6 Å². The quantitative estimate of drug-likeness (QED) is 0.286. The van der Waals surface area contributed by atoms with E-state index in [2.05, 4.69) is 37.0 Å². The number of methoxy groups -OCH3 is 2. The molecule has 3 N–H and O–H groups in total. The first kappa shape index (κ1) is 22.7. The molecule has 2 rings (SSSR count). The Morgan fingerprint density at radius 3 is 2.28 bits per heavy atom. The second-order valence-corrected chi connectivity index (χ2v) is 7.00. The van der Waals surface area contributed by atoms with Crippen LogP contribution >= 0.6 is 12.2 Å². The Morgan fingerprint density at radius 2 is 1.69 bits per heavy atom. The first-order valence-corrected chi connectivity index (χ1v) is 9.56. The number of aromatic nitrogens is 2. The van der Waals surface area contributed by atoms with Gasteiger partial charge < -0.3 is 20.1 Å². The van der Waals surface area contributed by atoms with Gasteiger partial charge in [0.25, 0.3) is 0 Å². The van der Waals surface area contributed by atoms with E-state index in [-0.39, 0.29) is 6.54 Å². The van der Waals surface area contributed by atoms with Gasteiger partial charge >= 0.3 is 0 Å². The van der Waals surface area contributed by atoms with E-state index in [4.69, 9.17) is 21.7 Å². The molecule has 1 aromatic carbocycles. The van der Waals surface area contributed by atoms with E-state index >= 15 is 0 Å². The van der Waals surface area contributed by atoms with Crippen LogP contribution in [-0.2, 0) is 9.47 Å². The molecule has 0 spiro atoms. The molecule has 0 aliphatic heterocycles. The van der Waals surface area contributed by atoms with Crippen molar-refractivity contribution >= 4 is 34.9 Å². The molecule has 1 aromatic heterocycles. The summed E-state index contributed by atoms with van der Waals surface area (Å²) in [6, 6.07) is 8.00. The summed E-state index contributed by atoms with van der Waals surface area (Å²) < 4.78 is 10.4. The third-order valence-electron chi connectivity index (χ3n) is 4.00. The molecule has 8 nitrogen and oxygen atoms in total. The summed E-state index contributed by atoms with van der Waals surface area (Å²) in [5, 5.41) is 9.73. The monoisotopic (exact) mass is 416 g/mol. The number of aliphatic imine (C=N–C) groups is 1. The summed E-state index contributed by atoms with van der Waals surface area (Å²) in [6.45, 7) is 8.15. The van der Waals surface area contributed by atoms with Crippen molar-refractivity contribution in [3.8, 4) is 0 Å². The van der Waals surface area contributed by atoms with Gasteiger partial charge in [-0.25, -0.2) is 15.0 Å². The number of thiocarbonyl (C=S) groups is 1. The van der Waals surface area contributed by atoms with Crippen LogP contribution in [0.5, 0.6) is 0 Å². The fourth-order valence-corrected chi connectivity index (χ4v) is 2.83. The average Bonchev–Trinajstić information content (AvgIpc) is 2.64. The summed E-state index contributed by atoms with van der Waals surface area (Å²) in [7, 11) is 3.12. The lowest BCUT2D eigenvalue weighted by Crippen LogP contribution is -2.40. The highest BCUT2D eigenvalue weighted by Gasteiger charge is 2.10.